The molecule has 1 nitrogen and oxygen atoms in total. The summed E-state index contributed by atoms with van der Waals surface area (Å²) >= 11 is 9.32. The molecule has 0 saturated carbocycles. The lowest BCUT2D eigenvalue weighted by atomic mass is 10.0. The third-order valence-corrected chi connectivity index (χ3v) is 5.19. The lowest BCUT2D eigenvalue weighted by molar-refractivity contribution is 0.337. The molecule has 0 amide bonds. The smallest absolute Gasteiger partial charge is 0.124 e. The van der Waals surface area contributed by atoms with E-state index in [9.17, 15) is 4.39 Å². The molecule has 0 aromatic heterocycles. The van der Waals surface area contributed by atoms with Crippen molar-refractivity contribution in [2.45, 2.75) is 11.8 Å². The number of benzene rings is 2. The van der Waals surface area contributed by atoms with Gasteiger partial charge in [0.1, 0.15) is 11.6 Å². The van der Waals surface area contributed by atoms with E-state index in [-0.39, 0.29) is 10.6 Å². The minimum absolute atomic E-state index is 0.0472. The summed E-state index contributed by atoms with van der Waals surface area (Å²) in [6, 6.07) is 10.7. The van der Waals surface area contributed by atoms with Gasteiger partial charge >= 0.3 is 0 Å². The molecule has 1 atom stereocenters. The molecule has 20 heavy (non-hydrogen) atoms. The van der Waals surface area contributed by atoms with Crippen LogP contribution in [0, 0.1) is 9.39 Å². The zero-order valence-electron chi connectivity index (χ0n) is 10.7. The quantitative estimate of drug-likeness (QED) is 0.356. The van der Waals surface area contributed by atoms with Crippen LogP contribution in [0.3, 0.4) is 0 Å². The van der Waals surface area contributed by atoms with E-state index in [1.165, 1.54) is 12.1 Å². The Morgan fingerprint density at radius 1 is 1.20 bits per heavy atom. The molecule has 5 heteroatoms. The Balaban J connectivity index is 2.46. The number of hydrogen-bond donors (Lipinski definition) is 0. The summed E-state index contributed by atoms with van der Waals surface area (Å²) < 4.78 is 20.8. The zero-order chi connectivity index (χ0) is 14.7. The van der Waals surface area contributed by atoms with E-state index in [2.05, 4.69) is 54.5 Å². The summed E-state index contributed by atoms with van der Waals surface area (Å²) in [5.41, 5.74) is 2.04. The van der Waals surface area contributed by atoms with Crippen molar-refractivity contribution in [2.24, 2.45) is 0 Å². The zero-order valence-corrected chi connectivity index (χ0v) is 16.0. The average Bonchev–Trinajstić information content (AvgIpc) is 2.40. The first-order chi connectivity index (χ1) is 9.52. The van der Waals surface area contributed by atoms with Crippen LogP contribution >= 0.6 is 54.5 Å². The second-order valence-electron chi connectivity index (χ2n) is 4.14. The molecule has 2 aromatic carbocycles. The summed E-state index contributed by atoms with van der Waals surface area (Å²) in [4.78, 5) is -0.0472. The van der Waals surface area contributed by atoms with E-state index in [4.69, 9.17) is 4.74 Å². The van der Waals surface area contributed by atoms with Gasteiger partial charge in [-0.25, -0.2) is 4.39 Å². The first-order valence-electron chi connectivity index (χ1n) is 6.04. The van der Waals surface area contributed by atoms with Crippen molar-refractivity contribution >= 4 is 54.5 Å². The molecular weight excluding hydrogens is 502 g/mol. The van der Waals surface area contributed by atoms with Gasteiger partial charge in [0.05, 0.1) is 11.4 Å². The first kappa shape index (κ1) is 16.2. The van der Waals surface area contributed by atoms with Crippen LogP contribution < -0.4 is 4.74 Å². The Hall–Kier alpha value is -0.140. The fourth-order valence-electron chi connectivity index (χ4n) is 1.88. The number of rotatable bonds is 4. The third kappa shape index (κ3) is 3.74. The molecule has 0 bridgehead atoms. The standard InChI is InChI=1S/C15H12Br2FIO/c1-2-20-14-6-3-9(16)7-12(14)15(17)11-5-4-10(18)8-13(11)19/h3-8,15H,2H2,1H3. The van der Waals surface area contributed by atoms with Crippen LogP contribution in [-0.4, -0.2) is 6.61 Å². The molecule has 0 aliphatic carbocycles. The van der Waals surface area contributed by atoms with Crippen LogP contribution in [0.25, 0.3) is 0 Å². The van der Waals surface area contributed by atoms with Crippen LogP contribution in [-0.2, 0) is 0 Å². The number of alkyl halides is 1. The van der Waals surface area contributed by atoms with Crippen LogP contribution in [0.1, 0.15) is 22.9 Å². The summed E-state index contributed by atoms with van der Waals surface area (Å²) in [6.45, 7) is 2.56. The first-order valence-corrected chi connectivity index (χ1v) is 8.83. The van der Waals surface area contributed by atoms with Crippen LogP contribution in [0.5, 0.6) is 5.75 Å². The fraction of sp³-hybridized carbons (Fsp3) is 0.200. The largest absolute Gasteiger partial charge is 0.494 e. The van der Waals surface area contributed by atoms with Gasteiger partial charge in [0.2, 0.25) is 0 Å². The molecule has 2 rings (SSSR count). The maximum atomic E-state index is 13.2. The third-order valence-electron chi connectivity index (χ3n) is 2.78. The Bertz CT molecular complexity index is 619. The van der Waals surface area contributed by atoms with Crippen molar-refractivity contribution in [2.75, 3.05) is 6.61 Å². The van der Waals surface area contributed by atoms with E-state index in [1.54, 1.807) is 6.07 Å². The maximum Gasteiger partial charge on any atom is 0.124 e. The monoisotopic (exact) mass is 512 g/mol. The Labute approximate surface area is 148 Å². The predicted octanol–water partition coefficient (Wildman–Crippen LogP) is 6.08. The van der Waals surface area contributed by atoms with Gasteiger partial charge in [0.15, 0.2) is 0 Å². The molecule has 0 aliphatic rings. The minimum atomic E-state index is -0.225. The van der Waals surface area contributed by atoms with Crippen molar-refractivity contribution in [3.63, 3.8) is 0 Å². The van der Waals surface area contributed by atoms with E-state index in [1.807, 2.05) is 25.1 Å². The summed E-state index contributed by atoms with van der Waals surface area (Å²) in [5.74, 6) is 0.606. The molecular formula is C15H12Br2FIO. The highest BCUT2D eigenvalue weighted by Gasteiger charge is 2.18. The molecule has 0 aliphatic heterocycles. The molecule has 0 spiro atoms. The Morgan fingerprint density at radius 2 is 1.95 bits per heavy atom. The molecule has 1 unspecified atom stereocenters. The van der Waals surface area contributed by atoms with Gasteiger partial charge in [-0.1, -0.05) is 37.9 Å². The molecule has 106 valence electrons. The highest BCUT2D eigenvalue weighted by atomic mass is 127. The van der Waals surface area contributed by atoms with Gasteiger partial charge in [-0.2, -0.15) is 0 Å². The topological polar surface area (TPSA) is 9.23 Å². The van der Waals surface area contributed by atoms with Crippen LogP contribution in [0.15, 0.2) is 40.9 Å². The summed E-state index contributed by atoms with van der Waals surface area (Å²) in [6.07, 6.45) is 0. The van der Waals surface area contributed by atoms with Crippen LogP contribution in [0.2, 0.25) is 0 Å². The van der Waals surface area contributed by atoms with Gasteiger partial charge in [-0.3, -0.25) is 0 Å². The van der Waals surface area contributed by atoms with Gasteiger partial charge in [-0.05, 0) is 65.4 Å². The second kappa shape index (κ2) is 7.22. The highest BCUT2D eigenvalue weighted by Crippen LogP contribution is 2.39. The van der Waals surface area contributed by atoms with E-state index in [0.717, 1.165) is 24.9 Å². The van der Waals surface area contributed by atoms with E-state index >= 15 is 0 Å². The average molecular weight is 514 g/mol. The van der Waals surface area contributed by atoms with Gasteiger partial charge in [0.25, 0.3) is 0 Å². The Kier molecular flexibility index (Phi) is 5.86. The number of hydrogen-bond acceptors (Lipinski definition) is 1. The van der Waals surface area contributed by atoms with Crippen molar-refractivity contribution < 1.29 is 9.13 Å². The fourth-order valence-corrected chi connectivity index (χ4v) is 4.23. The second-order valence-corrected chi connectivity index (χ2v) is 7.14. The number of ether oxygens (including phenoxy) is 1. The molecule has 0 N–H and O–H groups in total. The van der Waals surface area contributed by atoms with Crippen LogP contribution in [0.4, 0.5) is 4.39 Å². The minimum Gasteiger partial charge on any atom is -0.494 e. The van der Waals surface area contributed by atoms with E-state index in [0.29, 0.717) is 6.61 Å². The lowest BCUT2D eigenvalue weighted by Crippen LogP contribution is -2.01. The van der Waals surface area contributed by atoms with Gasteiger partial charge in [0, 0.05) is 13.6 Å². The highest BCUT2D eigenvalue weighted by molar-refractivity contribution is 14.1. The van der Waals surface area contributed by atoms with E-state index < -0.39 is 0 Å². The molecule has 2 aromatic rings. The number of halogens is 4. The molecule has 0 radical (unpaired) electrons. The maximum absolute atomic E-state index is 13.2. The summed E-state index contributed by atoms with van der Waals surface area (Å²) in [5, 5.41) is 0. The Morgan fingerprint density at radius 3 is 2.60 bits per heavy atom. The molecule has 0 saturated heterocycles. The van der Waals surface area contributed by atoms with Crippen molar-refractivity contribution in [3.05, 3.63) is 61.4 Å². The van der Waals surface area contributed by atoms with Gasteiger partial charge < -0.3 is 4.74 Å². The van der Waals surface area contributed by atoms with Crippen molar-refractivity contribution in [3.8, 4) is 5.75 Å². The van der Waals surface area contributed by atoms with Crippen molar-refractivity contribution in [1.29, 1.82) is 0 Å². The molecule has 0 fully saturated rings. The lowest BCUT2D eigenvalue weighted by Gasteiger charge is -2.17. The normalized spacial score (nSPS) is 12.2. The predicted molar refractivity (Wildman–Crippen MR) is 95.2 cm³/mol. The van der Waals surface area contributed by atoms with Gasteiger partial charge in [-0.15, -0.1) is 0 Å². The summed E-state index contributed by atoms with van der Waals surface area (Å²) in [7, 11) is 0. The molecule has 0 heterocycles. The van der Waals surface area contributed by atoms with Crippen molar-refractivity contribution in [1.82, 2.24) is 0 Å². The SMILES string of the molecule is CCOc1ccc(Br)cc1C(Br)c1ccc(F)cc1I.